The molecule has 234 valence electrons. The third-order valence-electron chi connectivity index (χ3n) is 11.8. The van der Waals surface area contributed by atoms with Crippen molar-refractivity contribution >= 4 is 18.2 Å². The Morgan fingerprint density at radius 1 is 0.786 bits per heavy atom. The fourth-order valence-corrected chi connectivity index (χ4v) is 8.26. The largest absolute Gasteiger partial charge is 0.464 e. The molecule has 4 aliphatic rings. The van der Waals surface area contributed by atoms with Crippen LogP contribution in [0.1, 0.15) is 105 Å². The summed E-state index contributed by atoms with van der Waals surface area (Å²) in [6.45, 7) is 12.4. The van der Waals surface area contributed by atoms with Gasteiger partial charge >= 0.3 is 18.2 Å². The predicted octanol–water partition coefficient (Wildman–Crippen LogP) is 6.53. The van der Waals surface area contributed by atoms with Gasteiger partial charge in [-0.2, -0.15) is 0 Å². The van der Waals surface area contributed by atoms with Crippen LogP contribution in [0.5, 0.6) is 0 Å². The highest BCUT2D eigenvalue weighted by Gasteiger charge is 2.70. The topological polar surface area (TPSA) is 103 Å². The van der Waals surface area contributed by atoms with E-state index < -0.39 is 24.2 Å². The minimum Gasteiger partial charge on any atom is -0.464 e. The molecule has 0 spiro atoms. The highest BCUT2D eigenvalue weighted by Crippen LogP contribution is 2.74. The standard InChI is InChI=1S/C34H52N2O6/c1-6-40-28(37)25(36-30(39)42-24-27-33(4)20-14-9-10-15-21-34(27,33)5)17-11-16-22-35-29(38)41-23-26-31(2)18-12-7-8-13-19-32(26,31)3/h7-8,25-27H,6,11-24H2,1-5H3,(H,35,38)(H,36,39)/t25-,26?,27?,31-,32+,33-,34+/m1/s1. The lowest BCUT2D eigenvalue weighted by molar-refractivity contribution is -0.145. The van der Waals surface area contributed by atoms with E-state index in [1.807, 2.05) is 0 Å². The molecule has 2 unspecified atom stereocenters. The number of fused-ring (bicyclic) bond motifs is 2. The van der Waals surface area contributed by atoms with E-state index in [2.05, 4.69) is 62.3 Å². The molecule has 0 aromatic heterocycles. The number of alkyl carbamates (subject to hydrolysis) is 2. The summed E-state index contributed by atoms with van der Waals surface area (Å²) < 4.78 is 16.4. The first kappa shape index (κ1) is 32.2. The van der Waals surface area contributed by atoms with Gasteiger partial charge in [0.1, 0.15) is 6.04 Å². The number of carbonyl (C=O) groups excluding carboxylic acids is 3. The first-order valence-electron chi connectivity index (χ1n) is 16.1. The Balaban J connectivity index is 1.14. The van der Waals surface area contributed by atoms with Gasteiger partial charge in [-0.25, -0.2) is 14.4 Å². The Labute approximate surface area is 252 Å². The second-order valence-corrected chi connectivity index (χ2v) is 13.7. The lowest BCUT2D eigenvalue weighted by atomic mass is 9.86. The lowest BCUT2D eigenvalue weighted by Gasteiger charge is -2.18. The van der Waals surface area contributed by atoms with E-state index in [-0.39, 0.29) is 34.2 Å². The number of rotatable bonds is 12. The maximum atomic E-state index is 12.7. The minimum atomic E-state index is -0.792. The Morgan fingerprint density at radius 3 is 1.86 bits per heavy atom. The summed E-state index contributed by atoms with van der Waals surface area (Å²) in [4.78, 5) is 37.6. The van der Waals surface area contributed by atoms with E-state index >= 15 is 0 Å². The number of allylic oxidation sites excluding steroid dienone is 2. The highest BCUT2D eigenvalue weighted by atomic mass is 16.6. The second kappa shape index (κ2) is 13.3. The molecule has 2 N–H and O–H groups in total. The molecule has 0 radical (unpaired) electrons. The van der Waals surface area contributed by atoms with E-state index in [1.165, 1.54) is 0 Å². The Kier molecular flexibility index (Phi) is 10.2. The zero-order valence-corrected chi connectivity index (χ0v) is 26.4. The summed E-state index contributed by atoms with van der Waals surface area (Å²) in [6.07, 6.45) is 13.4. The van der Waals surface area contributed by atoms with Gasteiger partial charge in [-0.15, -0.1) is 11.8 Å². The summed E-state index contributed by atoms with van der Waals surface area (Å²) >= 11 is 0. The van der Waals surface area contributed by atoms with Crippen LogP contribution in [-0.2, 0) is 19.0 Å². The first-order valence-corrected chi connectivity index (χ1v) is 16.1. The zero-order valence-electron chi connectivity index (χ0n) is 26.4. The van der Waals surface area contributed by atoms with Crippen LogP contribution >= 0.6 is 0 Å². The van der Waals surface area contributed by atoms with Crippen molar-refractivity contribution in [3.63, 3.8) is 0 Å². The van der Waals surface area contributed by atoms with Gasteiger partial charge in [0.25, 0.3) is 0 Å². The van der Waals surface area contributed by atoms with Crippen molar-refractivity contribution in [3.8, 4) is 11.8 Å². The minimum absolute atomic E-state index is 0.125. The van der Waals surface area contributed by atoms with Crippen molar-refractivity contribution in [2.75, 3.05) is 26.4 Å². The molecule has 4 rings (SSSR count). The summed E-state index contributed by atoms with van der Waals surface area (Å²) in [5.74, 6) is 6.67. The molecule has 0 heterocycles. The predicted molar refractivity (Wildman–Crippen MR) is 161 cm³/mol. The van der Waals surface area contributed by atoms with Crippen LogP contribution < -0.4 is 10.6 Å². The van der Waals surface area contributed by atoms with E-state index in [9.17, 15) is 14.4 Å². The summed E-state index contributed by atoms with van der Waals surface area (Å²) in [5.41, 5.74) is 0.712. The van der Waals surface area contributed by atoms with Crippen LogP contribution in [0.15, 0.2) is 12.2 Å². The fourth-order valence-electron chi connectivity index (χ4n) is 8.26. The number of ether oxygens (including phenoxy) is 3. The zero-order chi connectivity index (χ0) is 30.4. The van der Waals surface area contributed by atoms with Gasteiger partial charge < -0.3 is 24.8 Å². The summed E-state index contributed by atoms with van der Waals surface area (Å²) in [5, 5.41) is 5.55. The van der Waals surface area contributed by atoms with Gasteiger partial charge in [0.15, 0.2) is 0 Å². The Hall–Kier alpha value is -2.69. The van der Waals surface area contributed by atoms with E-state index in [0.29, 0.717) is 44.9 Å². The summed E-state index contributed by atoms with van der Waals surface area (Å²) in [6, 6.07) is -0.792. The Morgan fingerprint density at radius 2 is 1.31 bits per heavy atom. The number of hydrogen-bond acceptors (Lipinski definition) is 6. The number of nitrogens with one attached hydrogen (secondary N) is 2. The number of unbranched alkanes of at least 4 members (excludes halogenated alkanes) is 1. The second-order valence-electron chi connectivity index (χ2n) is 13.7. The van der Waals surface area contributed by atoms with Crippen molar-refractivity contribution in [2.24, 2.45) is 33.5 Å². The molecule has 2 amide bonds. The molecule has 0 aromatic rings. The van der Waals surface area contributed by atoms with Crippen LogP contribution in [0, 0.1) is 45.3 Å². The van der Waals surface area contributed by atoms with E-state index in [1.54, 1.807) is 6.92 Å². The van der Waals surface area contributed by atoms with Crippen LogP contribution in [0.3, 0.4) is 0 Å². The SMILES string of the molecule is CCOC(=O)[C@@H](CCCCNC(=O)OCC1[C@]2(C)CCC=CCC[C@]12C)NC(=O)OCC1[C@]2(C)CCC#CCC[C@]12C. The summed E-state index contributed by atoms with van der Waals surface area (Å²) in [7, 11) is 0. The van der Waals surface area contributed by atoms with Crippen molar-refractivity contribution in [2.45, 2.75) is 111 Å². The van der Waals surface area contributed by atoms with Crippen molar-refractivity contribution < 1.29 is 28.6 Å². The number of carbonyl (C=O) groups is 3. The van der Waals surface area contributed by atoms with Gasteiger partial charge in [-0.05, 0) is 86.4 Å². The quantitative estimate of drug-likeness (QED) is 0.0889. The van der Waals surface area contributed by atoms with Gasteiger partial charge in [-0.1, -0.05) is 39.8 Å². The Bertz CT molecular complexity index is 1050. The molecular weight excluding hydrogens is 532 g/mol. The van der Waals surface area contributed by atoms with E-state index in [0.717, 1.165) is 51.4 Å². The molecule has 0 bridgehead atoms. The van der Waals surface area contributed by atoms with Gasteiger partial charge in [-0.3, -0.25) is 0 Å². The lowest BCUT2D eigenvalue weighted by Crippen LogP contribution is -2.42. The van der Waals surface area contributed by atoms with Gasteiger partial charge in [0.2, 0.25) is 0 Å². The molecular formula is C34H52N2O6. The monoisotopic (exact) mass is 584 g/mol. The van der Waals surface area contributed by atoms with Crippen LogP contribution in [0.2, 0.25) is 0 Å². The third-order valence-corrected chi connectivity index (χ3v) is 11.8. The third kappa shape index (κ3) is 6.60. The number of esters is 1. The molecule has 0 aliphatic heterocycles. The molecule has 4 aliphatic carbocycles. The molecule has 7 atom stereocenters. The highest BCUT2D eigenvalue weighted by molar-refractivity contribution is 5.81. The van der Waals surface area contributed by atoms with Crippen LogP contribution in [0.4, 0.5) is 9.59 Å². The molecule has 8 heteroatoms. The van der Waals surface area contributed by atoms with Crippen LogP contribution in [0.25, 0.3) is 0 Å². The normalized spacial score (nSPS) is 35.2. The number of amides is 2. The average Bonchev–Trinajstić information content (AvgIpc) is 3.59. The molecule has 8 nitrogen and oxygen atoms in total. The first-order chi connectivity index (χ1) is 20.0. The van der Waals surface area contributed by atoms with Gasteiger partial charge in [0, 0.05) is 31.2 Å². The van der Waals surface area contributed by atoms with Crippen molar-refractivity contribution in [1.82, 2.24) is 10.6 Å². The number of hydrogen-bond donors (Lipinski definition) is 2. The maximum Gasteiger partial charge on any atom is 0.407 e. The molecule has 42 heavy (non-hydrogen) atoms. The van der Waals surface area contributed by atoms with Crippen LogP contribution in [-0.4, -0.2) is 50.6 Å². The average molecular weight is 585 g/mol. The fraction of sp³-hybridized carbons (Fsp3) is 0.794. The smallest absolute Gasteiger partial charge is 0.407 e. The molecule has 0 aromatic carbocycles. The molecule has 0 saturated heterocycles. The molecule has 2 saturated carbocycles. The maximum absolute atomic E-state index is 12.7. The van der Waals surface area contributed by atoms with Crippen molar-refractivity contribution in [3.05, 3.63) is 12.2 Å². The van der Waals surface area contributed by atoms with E-state index in [4.69, 9.17) is 14.2 Å². The van der Waals surface area contributed by atoms with Gasteiger partial charge in [0.05, 0.1) is 19.8 Å². The molecule has 2 fully saturated rings. The van der Waals surface area contributed by atoms with Crippen molar-refractivity contribution in [1.29, 1.82) is 0 Å².